The van der Waals surface area contributed by atoms with E-state index < -0.39 is 29.3 Å². The highest BCUT2D eigenvalue weighted by molar-refractivity contribution is 7.16. The molecule has 8 nitrogen and oxygen atoms in total. The maximum Gasteiger partial charge on any atom is 0.408 e. The van der Waals surface area contributed by atoms with Crippen LogP contribution in [0.5, 0.6) is 0 Å². The van der Waals surface area contributed by atoms with Crippen molar-refractivity contribution in [3.05, 3.63) is 29.7 Å². The van der Waals surface area contributed by atoms with Crippen LogP contribution in [0.4, 0.5) is 9.80 Å². The van der Waals surface area contributed by atoms with E-state index in [-0.39, 0.29) is 12.4 Å². The lowest BCUT2D eigenvalue weighted by Crippen LogP contribution is -2.47. The molecule has 1 amide bonds. The van der Waals surface area contributed by atoms with E-state index in [0.29, 0.717) is 6.54 Å². The number of thiophene rings is 1. The summed E-state index contributed by atoms with van der Waals surface area (Å²) in [5.74, 6) is -0.257. The fraction of sp³-hybridized carbons (Fsp3) is 0.550. The highest BCUT2D eigenvalue weighted by atomic mass is 32.1. The quantitative estimate of drug-likeness (QED) is 0.267. The van der Waals surface area contributed by atoms with Crippen LogP contribution in [0.2, 0.25) is 0 Å². The average molecular weight is 425 g/mol. The Morgan fingerprint density at radius 2 is 1.83 bits per heavy atom. The molecule has 1 unspecified atom stereocenters. The van der Waals surface area contributed by atoms with Gasteiger partial charge in [-0.25, -0.2) is 14.6 Å². The summed E-state index contributed by atoms with van der Waals surface area (Å²) >= 11 is 1.40. The molecule has 1 aromatic rings. The van der Waals surface area contributed by atoms with Crippen LogP contribution >= 0.6 is 11.3 Å². The molecule has 29 heavy (non-hydrogen) atoms. The third kappa shape index (κ3) is 10.5. The van der Waals surface area contributed by atoms with Crippen LogP contribution in [0.3, 0.4) is 0 Å². The van der Waals surface area contributed by atoms with E-state index in [4.69, 9.17) is 15.2 Å². The molecule has 1 heterocycles. The summed E-state index contributed by atoms with van der Waals surface area (Å²) in [4.78, 5) is 29.7. The van der Waals surface area contributed by atoms with Crippen molar-refractivity contribution in [2.24, 2.45) is 10.7 Å². The lowest BCUT2D eigenvalue weighted by atomic mass is 10.1. The van der Waals surface area contributed by atoms with E-state index in [0.717, 1.165) is 9.88 Å². The lowest BCUT2D eigenvalue weighted by Gasteiger charge is -2.26. The van der Waals surface area contributed by atoms with Crippen LogP contribution in [-0.2, 0) is 20.7 Å². The van der Waals surface area contributed by atoms with Crippen LogP contribution in [0.15, 0.2) is 29.8 Å². The molecule has 0 saturated carbocycles. The van der Waals surface area contributed by atoms with Crippen molar-refractivity contribution in [3.63, 3.8) is 0 Å². The fourth-order valence-corrected chi connectivity index (χ4v) is 3.06. The minimum Gasteiger partial charge on any atom is -0.458 e. The number of nitrogens with one attached hydrogen (secondary N) is 2. The van der Waals surface area contributed by atoms with Crippen LogP contribution in [0.25, 0.3) is 0 Å². The van der Waals surface area contributed by atoms with Crippen molar-refractivity contribution in [2.45, 2.75) is 65.2 Å². The molecule has 0 saturated heterocycles. The molecule has 0 spiro atoms. The summed E-state index contributed by atoms with van der Waals surface area (Å²) in [6, 6.07) is 2.79. The van der Waals surface area contributed by atoms with Gasteiger partial charge in [0.25, 0.3) is 0 Å². The van der Waals surface area contributed by atoms with E-state index in [1.165, 1.54) is 11.3 Å². The first-order valence-corrected chi connectivity index (χ1v) is 10.1. The van der Waals surface area contributed by atoms with Gasteiger partial charge in [0.05, 0.1) is 11.5 Å². The molecule has 1 atom stereocenters. The highest BCUT2D eigenvalue weighted by Crippen LogP contribution is 2.24. The fourth-order valence-electron chi connectivity index (χ4n) is 2.10. The SMILES string of the molecule is C=CCN=C(N)Nc1ccc(CC(NC(=O)OC(C)(C)C)C(=O)OC(C)(C)C)s1. The highest BCUT2D eigenvalue weighted by Gasteiger charge is 2.29. The molecule has 1 rings (SSSR count). The van der Waals surface area contributed by atoms with E-state index in [1.54, 1.807) is 47.6 Å². The largest absolute Gasteiger partial charge is 0.458 e. The molecule has 1 aromatic heterocycles. The number of guanidine groups is 1. The van der Waals surface area contributed by atoms with Gasteiger partial charge in [0, 0.05) is 11.3 Å². The number of hydrogen-bond acceptors (Lipinski definition) is 6. The number of rotatable bonds is 7. The van der Waals surface area contributed by atoms with Crippen LogP contribution < -0.4 is 16.4 Å². The molecule has 0 bridgehead atoms. The monoisotopic (exact) mass is 424 g/mol. The lowest BCUT2D eigenvalue weighted by molar-refractivity contribution is -0.157. The first-order chi connectivity index (χ1) is 13.3. The first-order valence-electron chi connectivity index (χ1n) is 9.28. The molecule has 0 radical (unpaired) electrons. The normalized spacial score (nSPS) is 13.4. The molecular weight excluding hydrogens is 392 g/mol. The maximum atomic E-state index is 12.6. The summed E-state index contributed by atoms with van der Waals surface area (Å²) in [6.07, 6.45) is 1.22. The Bertz CT molecular complexity index is 744. The molecule has 0 aromatic carbocycles. The van der Waals surface area contributed by atoms with E-state index in [9.17, 15) is 9.59 Å². The van der Waals surface area contributed by atoms with E-state index in [2.05, 4.69) is 22.2 Å². The van der Waals surface area contributed by atoms with Gasteiger partial charge < -0.3 is 25.8 Å². The van der Waals surface area contributed by atoms with Crippen molar-refractivity contribution in [1.29, 1.82) is 0 Å². The van der Waals surface area contributed by atoms with Gasteiger partial charge in [-0.2, -0.15) is 0 Å². The molecule has 0 aliphatic rings. The van der Waals surface area contributed by atoms with Crippen molar-refractivity contribution >= 4 is 34.4 Å². The molecular formula is C20H32N4O4S. The van der Waals surface area contributed by atoms with Gasteiger partial charge in [-0.15, -0.1) is 17.9 Å². The number of carbonyl (C=O) groups excluding carboxylic acids is 2. The van der Waals surface area contributed by atoms with Gasteiger partial charge in [0.15, 0.2) is 5.96 Å². The number of esters is 1. The van der Waals surface area contributed by atoms with E-state index >= 15 is 0 Å². The predicted molar refractivity (Wildman–Crippen MR) is 117 cm³/mol. The van der Waals surface area contributed by atoms with Crippen LogP contribution in [-0.4, -0.2) is 41.8 Å². The van der Waals surface area contributed by atoms with Gasteiger partial charge in [0.2, 0.25) is 0 Å². The van der Waals surface area contributed by atoms with Gasteiger partial charge in [-0.1, -0.05) is 6.08 Å². The Hall–Kier alpha value is -2.55. The van der Waals surface area contributed by atoms with Crippen molar-refractivity contribution in [1.82, 2.24) is 5.32 Å². The number of amides is 1. The van der Waals surface area contributed by atoms with E-state index in [1.807, 2.05) is 12.1 Å². The van der Waals surface area contributed by atoms with Crippen molar-refractivity contribution < 1.29 is 19.1 Å². The number of ether oxygens (including phenoxy) is 2. The zero-order chi connectivity index (χ0) is 22.2. The van der Waals surface area contributed by atoms with Gasteiger partial charge in [0.1, 0.15) is 17.2 Å². The second-order valence-corrected chi connectivity index (χ2v) is 9.51. The third-order valence-corrected chi connectivity index (χ3v) is 4.11. The minimum absolute atomic E-state index is 0.254. The predicted octanol–water partition coefficient (Wildman–Crippen LogP) is 3.44. The van der Waals surface area contributed by atoms with Crippen LogP contribution in [0, 0.1) is 0 Å². The topological polar surface area (TPSA) is 115 Å². The standard InChI is InChI=1S/C20H32N4O4S/c1-8-11-22-17(21)24-15-10-9-13(29-15)12-14(16(25)27-19(2,3)4)23-18(26)28-20(5,6)7/h8-10,14H,1,11-12H2,2-7H3,(H,23,26)(H3,21,22,24). The Labute approximate surface area is 176 Å². The molecule has 0 fully saturated rings. The average Bonchev–Trinajstić information content (AvgIpc) is 2.95. The zero-order valence-electron chi connectivity index (χ0n) is 18.0. The Morgan fingerprint density at radius 1 is 1.21 bits per heavy atom. The number of carbonyl (C=O) groups is 2. The Kier molecular flexibility index (Phi) is 8.69. The Morgan fingerprint density at radius 3 is 2.38 bits per heavy atom. The number of aliphatic imine (C=N–C) groups is 1. The summed E-state index contributed by atoms with van der Waals surface area (Å²) in [6.45, 7) is 14.6. The molecule has 162 valence electrons. The summed E-state index contributed by atoms with van der Waals surface area (Å²) < 4.78 is 10.7. The van der Waals surface area contributed by atoms with Gasteiger partial charge in [-0.05, 0) is 53.7 Å². The molecule has 9 heteroatoms. The number of hydrogen-bond donors (Lipinski definition) is 3. The second-order valence-electron chi connectivity index (χ2n) is 8.34. The molecule has 0 aliphatic carbocycles. The third-order valence-electron chi connectivity index (χ3n) is 3.09. The molecule has 0 aliphatic heterocycles. The number of anilines is 1. The number of alkyl carbamates (subject to hydrolysis) is 1. The summed E-state index contributed by atoms with van der Waals surface area (Å²) in [7, 11) is 0. The minimum atomic E-state index is -0.887. The summed E-state index contributed by atoms with van der Waals surface area (Å²) in [5, 5.41) is 6.36. The summed E-state index contributed by atoms with van der Waals surface area (Å²) in [5.41, 5.74) is 4.44. The van der Waals surface area contributed by atoms with Crippen LogP contribution in [0.1, 0.15) is 46.4 Å². The number of nitrogens with two attached hydrogens (primary N) is 1. The zero-order valence-corrected chi connectivity index (χ0v) is 18.8. The van der Waals surface area contributed by atoms with Crippen molar-refractivity contribution in [3.8, 4) is 0 Å². The first kappa shape index (κ1) is 24.5. The molecule has 4 N–H and O–H groups in total. The Balaban J connectivity index is 2.90. The van der Waals surface area contributed by atoms with Gasteiger partial charge in [-0.3, -0.25) is 0 Å². The van der Waals surface area contributed by atoms with Gasteiger partial charge >= 0.3 is 12.1 Å². The second kappa shape index (κ2) is 10.3. The van der Waals surface area contributed by atoms with Crippen molar-refractivity contribution in [2.75, 3.05) is 11.9 Å². The smallest absolute Gasteiger partial charge is 0.408 e. The maximum absolute atomic E-state index is 12.6. The number of nitrogens with zero attached hydrogens (tertiary/aromatic N) is 1.